The van der Waals surface area contributed by atoms with Gasteiger partial charge in [0, 0.05) is 23.7 Å². The van der Waals surface area contributed by atoms with Gasteiger partial charge in [-0.2, -0.15) is 0 Å². The number of hydrogen-bond donors (Lipinski definition) is 0. The zero-order chi connectivity index (χ0) is 17.6. The molecule has 0 N–H and O–H groups in total. The van der Waals surface area contributed by atoms with E-state index in [1.54, 1.807) is 0 Å². The number of ether oxygens (including phenoxy) is 2. The summed E-state index contributed by atoms with van der Waals surface area (Å²) >= 11 is 0. The minimum Gasteiger partial charge on any atom is -0.377 e. The molecule has 1 unspecified atom stereocenters. The lowest BCUT2D eigenvalue weighted by Gasteiger charge is -2.22. The summed E-state index contributed by atoms with van der Waals surface area (Å²) in [4.78, 5) is 0. The van der Waals surface area contributed by atoms with E-state index in [1.165, 1.54) is 25.7 Å². The fourth-order valence-corrected chi connectivity index (χ4v) is 2.99. The van der Waals surface area contributed by atoms with Crippen LogP contribution in [0.1, 0.15) is 37.7 Å². The predicted octanol–water partition coefficient (Wildman–Crippen LogP) is 3.29. The van der Waals surface area contributed by atoms with Crippen molar-refractivity contribution in [3.05, 3.63) is 36.0 Å². The van der Waals surface area contributed by atoms with Crippen molar-refractivity contribution in [1.29, 1.82) is 0 Å². The van der Waals surface area contributed by atoms with Gasteiger partial charge in [0.1, 0.15) is 5.69 Å². The third-order valence-corrected chi connectivity index (χ3v) is 4.76. The maximum absolute atomic E-state index is 5.73. The van der Waals surface area contributed by atoms with Gasteiger partial charge in [-0.15, -0.1) is 5.10 Å². The molecule has 1 aromatic heterocycles. The minimum absolute atomic E-state index is 0.261. The van der Waals surface area contributed by atoms with Crippen molar-refractivity contribution in [2.45, 2.75) is 44.8 Å². The van der Waals surface area contributed by atoms with Gasteiger partial charge in [0.15, 0.2) is 0 Å². The molecule has 136 valence electrons. The Balaban J connectivity index is 1.25. The Morgan fingerprint density at radius 3 is 2.81 bits per heavy atom. The van der Waals surface area contributed by atoms with E-state index >= 15 is 0 Å². The van der Waals surface area contributed by atoms with E-state index in [2.05, 4.69) is 46.4 Å². The van der Waals surface area contributed by atoms with Crippen LogP contribution in [0.25, 0.3) is 11.3 Å². The van der Waals surface area contributed by atoms with Gasteiger partial charge in [0.05, 0.1) is 32.1 Å². The van der Waals surface area contributed by atoms with Crippen LogP contribution in [0, 0.1) is 17.8 Å². The molecule has 1 saturated carbocycles. The van der Waals surface area contributed by atoms with Gasteiger partial charge >= 0.3 is 0 Å². The van der Waals surface area contributed by atoms with Crippen molar-refractivity contribution < 1.29 is 9.47 Å². The van der Waals surface area contributed by atoms with E-state index in [4.69, 9.17) is 9.47 Å². The zero-order valence-corrected chi connectivity index (χ0v) is 15.1. The van der Waals surface area contributed by atoms with Crippen molar-refractivity contribution in [1.82, 2.24) is 15.0 Å². The van der Waals surface area contributed by atoms with Crippen molar-refractivity contribution in [3.63, 3.8) is 0 Å². The molecule has 1 saturated heterocycles. The number of rotatable bonds is 6. The summed E-state index contributed by atoms with van der Waals surface area (Å²) < 4.78 is 13.2. The fraction of sp³-hybridized carbons (Fsp3) is 0.524. The van der Waals surface area contributed by atoms with Gasteiger partial charge in [-0.1, -0.05) is 29.2 Å². The van der Waals surface area contributed by atoms with Gasteiger partial charge in [-0.05, 0) is 44.2 Å². The average molecular weight is 351 g/mol. The maximum Gasteiger partial charge on any atom is 0.113 e. The summed E-state index contributed by atoms with van der Waals surface area (Å²) in [6, 6.07) is 8.22. The first-order valence-corrected chi connectivity index (χ1v) is 9.58. The van der Waals surface area contributed by atoms with E-state index in [-0.39, 0.29) is 6.10 Å². The van der Waals surface area contributed by atoms with Crippen molar-refractivity contribution in [3.8, 4) is 23.1 Å². The van der Waals surface area contributed by atoms with Crippen LogP contribution in [0.3, 0.4) is 0 Å². The lowest BCUT2D eigenvalue weighted by atomic mass is 10.1. The van der Waals surface area contributed by atoms with Crippen molar-refractivity contribution in [2.24, 2.45) is 5.92 Å². The molecule has 2 fully saturated rings. The van der Waals surface area contributed by atoms with Gasteiger partial charge in [0.2, 0.25) is 0 Å². The van der Waals surface area contributed by atoms with Crippen LogP contribution >= 0.6 is 0 Å². The normalized spacial score (nSPS) is 19.8. The Kier molecular flexibility index (Phi) is 5.63. The first-order chi connectivity index (χ1) is 12.9. The minimum atomic E-state index is 0.261. The third kappa shape index (κ3) is 4.94. The monoisotopic (exact) mass is 351 g/mol. The Hall–Kier alpha value is -2.16. The highest BCUT2D eigenvalue weighted by Gasteiger charge is 2.17. The Bertz CT molecular complexity index is 763. The molecule has 0 bridgehead atoms. The quantitative estimate of drug-likeness (QED) is 0.592. The van der Waals surface area contributed by atoms with Crippen LogP contribution in [0.15, 0.2) is 30.5 Å². The van der Waals surface area contributed by atoms with Crippen LogP contribution < -0.4 is 0 Å². The van der Waals surface area contributed by atoms with Crippen LogP contribution in [0.4, 0.5) is 0 Å². The van der Waals surface area contributed by atoms with Gasteiger partial charge < -0.3 is 9.47 Å². The number of nitrogens with zero attached hydrogens (tertiary/aromatic N) is 3. The van der Waals surface area contributed by atoms with Crippen LogP contribution in [-0.4, -0.2) is 40.9 Å². The molecule has 1 aromatic carbocycles. The maximum atomic E-state index is 5.73. The standard InChI is InChI=1S/C21H25N3O2/c1-2-13-26-20(3-1)16-25-14-12-24-15-21(22-23-24)19-10-8-18(9-11-19)7-6-17-4-5-17/h8-11,15,17,20H,1-5,12-14,16H2. The molecular weight excluding hydrogens is 326 g/mol. The molecular formula is C21H25N3O2. The second kappa shape index (κ2) is 8.48. The SMILES string of the molecule is C(#CC1CC1)c1ccc(-c2cn(CCOCC3CCCCO3)nn2)cc1. The molecule has 0 radical (unpaired) electrons. The van der Waals surface area contributed by atoms with Gasteiger partial charge in [0.25, 0.3) is 0 Å². The smallest absolute Gasteiger partial charge is 0.113 e. The Labute approximate surface area is 154 Å². The van der Waals surface area contributed by atoms with Gasteiger partial charge in [-0.25, -0.2) is 4.68 Å². The van der Waals surface area contributed by atoms with Gasteiger partial charge in [-0.3, -0.25) is 0 Å². The molecule has 2 aliphatic rings. The van der Waals surface area contributed by atoms with E-state index in [1.807, 2.05) is 10.9 Å². The summed E-state index contributed by atoms with van der Waals surface area (Å²) in [5, 5.41) is 8.46. The number of aromatic nitrogens is 3. The molecule has 1 atom stereocenters. The number of benzene rings is 1. The molecule has 1 aliphatic carbocycles. The summed E-state index contributed by atoms with van der Waals surface area (Å²) in [5.74, 6) is 7.14. The van der Waals surface area contributed by atoms with E-state index in [0.29, 0.717) is 25.7 Å². The zero-order valence-electron chi connectivity index (χ0n) is 15.1. The second-order valence-corrected chi connectivity index (χ2v) is 7.05. The van der Waals surface area contributed by atoms with Crippen LogP contribution in [0.2, 0.25) is 0 Å². The summed E-state index contributed by atoms with van der Waals surface area (Å²) in [7, 11) is 0. The molecule has 2 aromatic rings. The first kappa shape index (κ1) is 17.3. The molecule has 26 heavy (non-hydrogen) atoms. The molecule has 0 amide bonds. The lowest BCUT2D eigenvalue weighted by Crippen LogP contribution is -2.25. The Morgan fingerprint density at radius 2 is 2.04 bits per heavy atom. The molecule has 5 nitrogen and oxygen atoms in total. The highest BCUT2D eigenvalue weighted by molar-refractivity contribution is 5.59. The summed E-state index contributed by atoms with van der Waals surface area (Å²) in [5.41, 5.74) is 3.00. The predicted molar refractivity (Wildman–Crippen MR) is 99.5 cm³/mol. The third-order valence-electron chi connectivity index (χ3n) is 4.76. The second-order valence-electron chi connectivity index (χ2n) is 7.05. The average Bonchev–Trinajstić information content (AvgIpc) is 3.41. The largest absolute Gasteiger partial charge is 0.377 e. The van der Waals surface area contributed by atoms with E-state index in [0.717, 1.165) is 29.8 Å². The van der Waals surface area contributed by atoms with Crippen LogP contribution in [-0.2, 0) is 16.0 Å². The van der Waals surface area contributed by atoms with Crippen molar-refractivity contribution in [2.75, 3.05) is 19.8 Å². The fourth-order valence-electron chi connectivity index (χ4n) is 2.99. The first-order valence-electron chi connectivity index (χ1n) is 9.58. The lowest BCUT2D eigenvalue weighted by molar-refractivity contribution is -0.0421. The molecule has 1 aliphatic heterocycles. The highest BCUT2D eigenvalue weighted by Crippen LogP contribution is 2.27. The van der Waals surface area contributed by atoms with Crippen molar-refractivity contribution >= 4 is 0 Å². The Morgan fingerprint density at radius 1 is 1.15 bits per heavy atom. The molecule has 4 rings (SSSR count). The molecule has 2 heterocycles. The topological polar surface area (TPSA) is 49.2 Å². The molecule has 0 spiro atoms. The number of hydrogen-bond acceptors (Lipinski definition) is 4. The molecule has 5 heteroatoms. The van der Waals surface area contributed by atoms with Crippen LogP contribution in [0.5, 0.6) is 0 Å². The van der Waals surface area contributed by atoms with E-state index < -0.39 is 0 Å². The highest BCUT2D eigenvalue weighted by atomic mass is 16.5. The summed E-state index contributed by atoms with van der Waals surface area (Å²) in [6.07, 6.45) is 8.26. The van der Waals surface area contributed by atoms with E-state index in [9.17, 15) is 0 Å². The summed E-state index contributed by atoms with van der Waals surface area (Å²) in [6.45, 7) is 2.86.